The van der Waals surface area contributed by atoms with Crippen molar-refractivity contribution >= 4 is 21.6 Å². The van der Waals surface area contributed by atoms with Crippen molar-refractivity contribution in [2.45, 2.75) is 18.7 Å². The van der Waals surface area contributed by atoms with Crippen molar-refractivity contribution in [3.63, 3.8) is 0 Å². The Balaban J connectivity index is 3.30. The van der Waals surface area contributed by atoms with E-state index >= 15 is 0 Å². The van der Waals surface area contributed by atoms with Gasteiger partial charge in [-0.2, -0.15) is 0 Å². The molecule has 0 aliphatic rings. The molecule has 0 spiro atoms. The Morgan fingerprint density at radius 1 is 1.62 bits per heavy atom. The first kappa shape index (κ1) is 10.4. The van der Waals surface area contributed by atoms with E-state index in [1.807, 2.05) is 0 Å². The highest BCUT2D eigenvalue weighted by Gasteiger charge is 2.17. The quantitative estimate of drug-likeness (QED) is 0.821. The molecule has 2 nitrogen and oxygen atoms in total. The monoisotopic (exact) mass is 250 g/mol. The van der Waals surface area contributed by atoms with E-state index in [-0.39, 0.29) is 11.3 Å². The van der Waals surface area contributed by atoms with Crippen LogP contribution < -0.4 is 5.73 Å². The molecule has 0 aromatic carbocycles. The van der Waals surface area contributed by atoms with E-state index in [0.717, 1.165) is 0 Å². The van der Waals surface area contributed by atoms with Crippen LogP contribution in [-0.4, -0.2) is 4.98 Å². The number of anilines is 1. The highest BCUT2D eigenvalue weighted by molar-refractivity contribution is 9.08. The topological polar surface area (TPSA) is 38.9 Å². The molecule has 0 saturated carbocycles. The lowest BCUT2D eigenvalue weighted by atomic mass is 10.1. The first-order valence-corrected chi connectivity index (χ1v) is 4.78. The maximum absolute atomic E-state index is 12.5. The fourth-order valence-corrected chi connectivity index (χ4v) is 1.68. The molecule has 2 N–H and O–H groups in total. The molecule has 13 heavy (non-hydrogen) atoms. The van der Waals surface area contributed by atoms with Crippen LogP contribution in [0, 0.1) is 6.92 Å². The third-order valence-corrected chi connectivity index (χ3v) is 2.38. The van der Waals surface area contributed by atoms with Crippen molar-refractivity contribution in [2.75, 3.05) is 5.73 Å². The van der Waals surface area contributed by atoms with Crippen molar-refractivity contribution in [3.05, 3.63) is 23.0 Å². The summed E-state index contributed by atoms with van der Waals surface area (Å²) < 4.78 is 25.0. The average molecular weight is 251 g/mol. The summed E-state index contributed by atoms with van der Waals surface area (Å²) in [5, 5.41) is 0.457. The highest BCUT2D eigenvalue weighted by atomic mass is 79.9. The minimum absolute atomic E-state index is 0.0530. The highest BCUT2D eigenvalue weighted by Crippen LogP contribution is 2.29. The summed E-state index contributed by atoms with van der Waals surface area (Å²) in [5.41, 5.74) is 6.40. The molecule has 1 heterocycles. The van der Waals surface area contributed by atoms with Crippen molar-refractivity contribution in [1.82, 2.24) is 4.98 Å². The second kappa shape index (κ2) is 4.00. The van der Waals surface area contributed by atoms with Crippen LogP contribution in [0.15, 0.2) is 6.20 Å². The molecule has 0 bridgehead atoms. The summed E-state index contributed by atoms with van der Waals surface area (Å²) in [4.78, 5) is 3.93. The predicted octanol–water partition coefficient (Wildman–Crippen LogP) is 2.80. The zero-order chi connectivity index (χ0) is 10.0. The maximum Gasteiger partial charge on any atom is 0.266 e. The van der Waals surface area contributed by atoms with Gasteiger partial charge in [0, 0.05) is 10.9 Å². The van der Waals surface area contributed by atoms with Crippen molar-refractivity contribution in [1.29, 1.82) is 0 Å². The first-order chi connectivity index (χ1) is 6.07. The molecule has 1 rings (SSSR count). The van der Waals surface area contributed by atoms with Gasteiger partial charge in [0.25, 0.3) is 6.43 Å². The minimum atomic E-state index is -2.54. The smallest absolute Gasteiger partial charge is 0.266 e. The average Bonchev–Trinajstić information content (AvgIpc) is 2.04. The molecule has 5 heteroatoms. The van der Waals surface area contributed by atoms with Gasteiger partial charge in [-0.15, -0.1) is 0 Å². The molecule has 0 atom stereocenters. The van der Waals surface area contributed by atoms with Crippen LogP contribution in [0.1, 0.15) is 23.2 Å². The van der Waals surface area contributed by atoms with Crippen LogP contribution in [0.3, 0.4) is 0 Å². The van der Waals surface area contributed by atoms with Gasteiger partial charge < -0.3 is 5.73 Å². The first-order valence-electron chi connectivity index (χ1n) is 3.66. The molecule has 0 unspecified atom stereocenters. The number of hydrogen-bond acceptors (Lipinski definition) is 2. The van der Waals surface area contributed by atoms with Gasteiger partial charge in [-0.25, -0.2) is 8.78 Å². The Labute approximate surface area is 83.3 Å². The number of nitrogen functional groups attached to an aromatic ring is 1. The largest absolute Gasteiger partial charge is 0.397 e. The van der Waals surface area contributed by atoms with Crippen molar-refractivity contribution in [2.24, 2.45) is 0 Å². The van der Waals surface area contributed by atoms with E-state index < -0.39 is 6.43 Å². The Morgan fingerprint density at radius 2 is 2.23 bits per heavy atom. The number of hydrogen-bond donors (Lipinski definition) is 1. The lowest BCUT2D eigenvalue weighted by molar-refractivity contribution is 0.151. The fraction of sp³-hybridized carbons (Fsp3) is 0.375. The van der Waals surface area contributed by atoms with Gasteiger partial charge >= 0.3 is 0 Å². The fourth-order valence-electron chi connectivity index (χ4n) is 1.11. The minimum Gasteiger partial charge on any atom is -0.397 e. The molecular weight excluding hydrogens is 242 g/mol. The summed E-state index contributed by atoms with van der Waals surface area (Å²) in [7, 11) is 0. The summed E-state index contributed by atoms with van der Waals surface area (Å²) >= 11 is 3.17. The molecule has 0 aliphatic carbocycles. The van der Waals surface area contributed by atoms with Crippen LogP contribution in [0.2, 0.25) is 0 Å². The van der Waals surface area contributed by atoms with Gasteiger partial charge in [0.05, 0.1) is 17.6 Å². The summed E-state index contributed by atoms with van der Waals surface area (Å²) in [6.45, 7) is 1.60. The van der Waals surface area contributed by atoms with Crippen molar-refractivity contribution in [3.8, 4) is 0 Å². The molecule has 0 saturated heterocycles. The van der Waals surface area contributed by atoms with E-state index in [9.17, 15) is 8.78 Å². The van der Waals surface area contributed by atoms with Gasteiger partial charge in [-0.1, -0.05) is 15.9 Å². The number of halogens is 3. The molecule has 1 aromatic heterocycles. The second-order valence-corrected chi connectivity index (χ2v) is 3.19. The molecule has 0 amide bonds. The Kier molecular flexibility index (Phi) is 3.19. The van der Waals surface area contributed by atoms with E-state index in [0.29, 0.717) is 16.6 Å². The number of pyridine rings is 1. The third-order valence-electron chi connectivity index (χ3n) is 1.85. The van der Waals surface area contributed by atoms with Crippen LogP contribution >= 0.6 is 15.9 Å². The van der Waals surface area contributed by atoms with Gasteiger partial charge in [0.1, 0.15) is 0 Å². The van der Waals surface area contributed by atoms with Gasteiger partial charge in [-0.3, -0.25) is 4.98 Å². The summed E-state index contributed by atoms with van der Waals surface area (Å²) in [6.07, 6.45) is -1.27. The normalized spacial score (nSPS) is 10.8. The van der Waals surface area contributed by atoms with E-state index in [1.165, 1.54) is 6.20 Å². The lowest BCUT2D eigenvalue weighted by Gasteiger charge is -2.10. The maximum atomic E-state index is 12.5. The van der Waals surface area contributed by atoms with Gasteiger partial charge in [-0.05, 0) is 12.5 Å². The Hall–Kier alpha value is -0.710. The number of aromatic nitrogens is 1. The number of rotatable bonds is 2. The molecule has 0 fully saturated rings. The van der Waals surface area contributed by atoms with Crippen LogP contribution in [0.5, 0.6) is 0 Å². The van der Waals surface area contributed by atoms with Gasteiger partial charge in [0.2, 0.25) is 0 Å². The number of nitrogens with two attached hydrogens (primary N) is 1. The van der Waals surface area contributed by atoms with E-state index in [2.05, 4.69) is 20.9 Å². The molecule has 72 valence electrons. The number of alkyl halides is 3. The Bertz CT molecular complexity index is 315. The van der Waals surface area contributed by atoms with E-state index in [4.69, 9.17) is 5.73 Å². The molecular formula is C8H9BrF2N2. The standard InChI is InChI=1S/C8H9BrF2N2/c1-4-6(2-9)13-3-5(12)7(4)8(10)11/h3,8H,2,12H2,1H3. The van der Waals surface area contributed by atoms with Crippen LogP contribution in [-0.2, 0) is 5.33 Å². The summed E-state index contributed by atoms with van der Waals surface area (Å²) in [6, 6.07) is 0. The zero-order valence-corrected chi connectivity index (χ0v) is 8.61. The summed E-state index contributed by atoms with van der Waals surface area (Å²) in [5.74, 6) is 0. The zero-order valence-electron chi connectivity index (χ0n) is 7.02. The SMILES string of the molecule is Cc1c(CBr)ncc(N)c1C(F)F. The number of nitrogens with zero attached hydrogens (tertiary/aromatic N) is 1. The third kappa shape index (κ3) is 1.96. The van der Waals surface area contributed by atoms with E-state index in [1.54, 1.807) is 6.92 Å². The predicted molar refractivity (Wildman–Crippen MR) is 51.0 cm³/mol. The molecule has 0 aliphatic heterocycles. The second-order valence-electron chi connectivity index (χ2n) is 2.63. The Morgan fingerprint density at radius 3 is 2.69 bits per heavy atom. The van der Waals surface area contributed by atoms with Crippen LogP contribution in [0.4, 0.5) is 14.5 Å². The van der Waals surface area contributed by atoms with Gasteiger partial charge in [0.15, 0.2) is 0 Å². The van der Waals surface area contributed by atoms with Crippen LogP contribution in [0.25, 0.3) is 0 Å². The lowest BCUT2D eigenvalue weighted by Crippen LogP contribution is -2.03. The molecule has 1 aromatic rings. The van der Waals surface area contributed by atoms with Crippen molar-refractivity contribution < 1.29 is 8.78 Å². The molecule has 0 radical (unpaired) electrons.